The van der Waals surface area contributed by atoms with Crippen LogP contribution in [0.5, 0.6) is 0 Å². The molecule has 1 N–H and O–H groups in total. The number of carbonyl (C=O) groups is 1. The number of aryl methyl sites for hydroxylation is 1. The molecule has 0 bridgehead atoms. The lowest BCUT2D eigenvalue weighted by molar-refractivity contribution is -0.116. The standard InChI is InChI=1S/C19H17F2N5O4/c1-10-22-17(24-30-10)16-14-4-2-3-7-25(14)19(29)26(18(16)28)9-15(27)23-13-6-5-11(20)8-12(13)21/h5-6,8H,2-4,7,9H2,1H3,(H,23,27). The fourth-order valence-corrected chi connectivity index (χ4v) is 3.48. The maximum Gasteiger partial charge on any atom is 0.331 e. The molecule has 1 aliphatic rings. The van der Waals surface area contributed by atoms with Crippen molar-refractivity contribution in [2.24, 2.45) is 0 Å². The molecule has 156 valence electrons. The zero-order valence-corrected chi connectivity index (χ0v) is 15.9. The third kappa shape index (κ3) is 3.53. The highest BCUT2D eigenvalue weighted by Crippen LogP contribution is 2.21. The second-order valence-electron chi connectivity index (χ2n) is 6.91. The van der Waals surface area contributed by atoms with E-state index in [9.17, 15) is 23.2 Å². The van der Waals surface area contributed by atoms with Crippen molar-refractivity contribution in [3.05, 3.63) is 62.3 Å². The topological polar surface area (TPSA) is 112 Å². The minimum absolute atomic E-state index is 0.0434. The average Bonchev–Trinajstić information content (AvgIpc) is 3.13. The Hall–Kier alpha value is -3.63. The summed E-state index contributed by atoms with van der Waals surface area (Å²) in [4.78, 5) is 42.5. The quantitative estimate of drug-likeness (QED) is 0.691. The summed E-state index contributed by atoms with van der Waals surface area (Å²) >= 11 is 0. The van der Waals surface area contributed by atoms with Crippen LogP contribution in [0.1, 0.15) is 24.4 Å². The van der Waals surface area contributed by atoms with Gasteiger partial charge in [0.2, 0.25) is 17.6 Å². The Labute approximate surface area is 168 Å². The van der Waals surface area contributed by atoms with E-state index in [1.54, 1.807) is 6.92 Å². The van der Waals surface area contributed by atoms with Crippen LogP contribution in [-0.2, 0) is 24.3 Å². The van der Waals surface area contributed by atoms with Crippen molar-refractivity contribution < 1.29 is 18.1 Å². The van der Waals surface area contributed by atoms with Gasteiger partial charge in [-0.1, -0.05) is 5.16 Å². The summed E-state index contributed by atoms with van der Waals surface area (Å²) in [6.07, 6.45) is 2.01. The summed E-state index contributed by atoms with van der Waals surface area (Å²) < 4.78 is 34.0. The van der Waals surface area contributed by atoms with Crippen molar-refractivity contribution in [2.45, 2.75) is 39.3 Å². The van der Waals surface area contributed by atoms with Gasteiger partial charge in [0.25, 0.3) is 5.56 Å². The molecule has 0 radical (unpaired) electrons. The van der Waals surface area contributed by atoms with E-state index in [4.69, 9.17) is 4.52 Å². The molecule has 0 atom stereocenters. The van der Waals surface area contributed by atoms with Gasteiger partial charge in [-0.3, -0.25) is 18.7 Å². The third-order valence-electron chi connectivity index (χ3n) is 4.84. The summed E-state index contributed by atoms with van der Waals surface area (Å²) in [5.74, 6) is -2.29. The van der Waals surface area contributed by atoms with Crippen LogP contribution in [0.3, 0.4) is 0 Å². The number of hydrogen-bond acceptors (Lipinski definition) is 6. The van der Waals surface area contributed by atoms with E-state index in [0.29, 0.717) is 24.7 Å². The van der Waals surface area contributed by atoms with Gasteiger partial charge in [-0.25, -0.2) is 13.6 Å². The molecule has 0 fully saturated rings. The molecule has 30 heavy (non-hydrogen) atoms. The Morgan fingerprint density at radius 1 is 1.27 bits per heavy atom. The molecule has 1 amide bonds. The summed E-state index contributed by atoms with van der Waals surface area (Å²) in [6.45, 7) is 1.30. The van der Waals surface area contributed by atoms with Gasteiger partial charge in [0.1, 0.15) is 23.7 Å². The number of rotatable bonds is 4. The van der Waals surface area contributed by atoms with E-state index in [1.807, 2.05) is 0 Å². The molecule has 2 aromatic heterocycles. The number of fused-ring (bicyclic) bond motifs is 1. The van der Waals surface area contributed by atoms with Crippen molar-refractivity contribution >= 4 is 11.6 Å². The molecular weight excluding hydrogens is 400 g/mol. The Morgan fingerprint density at radius 3 is 2.77 bits per heavy atom. The lowest BCUT2D eigenvalue weighted by atomic mass is 10.0. The molecule has 3 heterocycles. The monoisotopic (exact) mass is 417 g/mol. The molecule has 1 aliphatic heterocycles. The number of nitrogens with zero attached hydrogens (tertiary/aromatic N) is 4. The SMILES string of the molecule is Cc1nc(-c2c3n(c(=O)n(CC(=O)Nc4ccc(F)cc4F)c2=O)CCCC3)no1. The largest absolute Gasteiger partial charge is 0.339 e. The van der Waals surface area contributed by atoms with Crippen LogP contribution in [0.2, 0.25) is 0 Å². The maximum atomic E-state index is 13.8. The number of carbonyl (C=O) groups excluding carboxylic acids is 1. The van der Waals surface area contributed by atoms with E-state index in [1.165, 1.54) is 4.57 Å². The number of amides is 1. The summed E-state index contributed by atoms with van der Waals surface area (Å²) in [5, 5.41) is 6.04. The van der Waals surface area contributed by atoms with Gasteiger partial charge in [-0.15, -0.1) is 0 Å². The van der Waals surface area contributed by atoms with Gasteiger partial charge in [0.15, 0.2) is 0 Å². The summed E-state index contributed by atoms with van der Waals surface area (Å²) in [5.41, 5.74) is -1.04. The van der Waals surface area contributed by atoms with Gasteiger partial charge in [-0.05, 0) is 31.4 Å². The smallest absolute Gasteiger partial charge is 0.331 e. The lowest BCUT2D eigenvalue weighted by Gasteiger charge is -2.21. The molecule has 0 saturated carbocycles. The van der Waals surface area contributed by atoms with E-state index in [2.05, 4.69) is 15.5 Å². The first-order chi connectivity index (χ1) is 14.3. The summed E-state index contributed by atoms with van der Waals surface area (Å²) in [7, 11) is 0. The zero-order valence-electron chi connectivity index (χ0n) is 15.9. The first-order valence-electron chi connectivity index (χ1n) is 9.27. The molecule has 0 spiro atoms. The molecule has 1 aromatic carbocycles. The number of benzene rings is 1. The van der Waals surface area contributed by atoms with Gasteiger partial charge < -0.3 is 9.84 Å². The van der Waals surface area contributed by atoms with E-state index in [0.717, 1.165) is 29.5 Å². The fraction of sp³-hybridized carbons (Fsp3) is 0.316. The number of aromatic nitrogens is 4. The number of hydrogen-bond donors (Lipinski definition) is 1. The predicted molar refractivity (Wildman–Crippen MR) is 101 cm³/mol. The van der Waals surface area contributed by atoms with Crippen molar-refractivity contribution in [3.8, 4) is 11.4 Å². The summed E-state index contributed by atoms with van der Waals surface area (Å²) in [6, 6.07) is 2.65. The highest BCUT2D eigenvalue weighted by atomic mass is 19.1. The molecule has 9 nitrogen and oxygen atoms in total. The van der Waals surface area contributed by atoms with E-state index < -0.39 is 35.3 Å². The molecule has 0 aliphatic carbocycles. The number of halogens is 2. The van der Waals surface area contributed by atoms with E-state index in [-0.39, 0.29) is 23.0 Å². The Kier molecular flexibility index (Phi) is 5.02. The highest BCUT2D eigenvalue weighted by Gasteiger charge is 2.26. The Bertz CT molecular complexity index is 1260. The van der Waals surface area contributed by atoms with Gasteiger partial charge in [-0.2, -0.15) is 4.98 Å². The van der Waals surface area contributed by atoms with Crippen molar-refractivity contribution in [3.63, 3.8) is 0 Å². The van der Waals surface area contributed by atoms with Crippen LogP contribution in [0, 0.1) is 18.6 Å². The Morgan fingerprint density at radius 2 is 2.07 bits per heavy atom. The number of nitrogens with one attached hydrogen (secondary N) is 1. The van der Waals surface area contributed by atoms with Gasteiger partial charge in [0, 0.05) is 25.2 Å². The first kappa shape index (κ1) is 19.7. The lowest BCUT2D eigenvalue weighted by Crippen LogP contribution is -2.45. The molecule has 3 aromatic rings. The Balaban J connectivity index is 1.75. The van der Waals surface area contributed by atoms with Crippen LogP contribution >= 0.6 is 0 Å². The molecular formula is C19H17F2N5O4. The van der Waals surface area contributed by atoms with E-state index >= 15 is 0 Å². The number of anilines is 1. The maximum absolute atomic E-state index is 13.8. The zero-order chi connectivity index (χ0) is 21.4. The third-order valence-corrected chi connectivity index (χ3v) is 4.84. The normalized spacial score (nSPS) is 13.2. The van der Waals surface area contributed by atoms with Gasteiger partial charge in [0.05, 0.1) is 5.69 Å². The highest BCUT2D eigenvalue weighted by molar-refractivity contribution is 5.90. The second kappa shape index (κ2) is 7.65. The molecule has 0 unspecified atom stereocenters. The second-order valence-corrected chi connectivity index (χ2v) is 6.91. The van der Waals surface area contributed by atoms with Gasteiger partial charge >= 0.3 is 5.69 Å². The van der Waals surface area contributed by atoms with Crippen molar-refractivity contribution in [1.29, 1.82) is 0 Å². The molecule has 11 heteroatoms. The minimum Gasteiger partial charge on any atom is -0.339 e. The first-order valence-corrected chi connectivity index (χ1v) is 9.27. The minimum atomic E-state index is -0.971. The van der Waals surface area contributed by atoms with Crippen LogP contribution in [-0.4, -0.2) is 25.2 Å². The molecule has 4 rings (SSSR count). The van der Waals surface area contributed by atoms with Crippen LogP contribution < -0.4 is 16.6 Å². The van der Waals surface area contributed by atoms with Crippen molar-refractivity contribution in [1.82, 2.24) is 19.3 Å². The van der Waals surface area contributed by atoms with Crippen LogP contribution in [0.15, 0.2) is 32.3 Å². The van der Waals surface area contributed by atoms with Crippen LogP contribution in [0.4, 0.5) is 14.5 Å². The van der Waals surface area contributed by atoms with Crippen LogP contribution in [0.25, 0.3) is 11.4 Å². The average molecular weight is 417 g/mol. The van der Waals surface area contributed by atoms with Crippen molar-refractivity contribution in [2.75, 3.05) is 5.32 Å². The molecule has 0 saturated heterocycles. The fourth-order valence-electron chi connectivity index (χ4n) is 3.48. The predicted octanol–water partition coefficient (Wildman–Crippen LogP) is 1.62.